The number of para-hydroxylation sites is 2. The molecule has 0 radical (unpaired) electrons. The maximum Gasteiger partial charge on any atom is 0.282 e. The van der Waals surface area contributed by atoms with E-state index in [0.29, 0.717) is 6.42 Å². The van der Waals surface area contributed by atoms with E-state index >= 15 is 0 Å². The van der Waals surface area contributed by atoms with E-state index in [4.69, 9.17) is 9.47 Å². The molecule has 6 rings (SSSR count). The Hall–Kier alpha value is -4.30. The van der Waals surface area contributed by atoms with Gasteiger partial charge in [-0.05, 0) is 51.0 Å². The van der Waals surface area contributed by atoms with Crippen LogP contribution < -0.4 is 19.9 Å². The van der Waals surface area contributed by atoms with Gasteiger partial charge in [0.15, 0.2) is 0 Å². The summed E-state index contributed by atoms with van der Waals surface area (Å²) in [6, 6.07) is 43.3. The van der Waals surface area contributed by atoms with Crippen molar-refractivity contribution in [2.45, 2.75) is 12.2 Å². The Morgan fingerprint density at radius 3 is 1.85 bits per heavy atom. The zero-order valence-electron chi connectivity index (χ0n) is 18.7. The van der Waals surface area contributed by atoms with Gasteiger partial charge in [0, 0.05) is 6.42 Å². The number of hydrogen-bond acceptors (Lipinski definition) is 2. The predicted octanol–water partition coefficient (Wildman–Crippen LogP) is 6.08. The predicted molar refractivity (Wildman–Crippen MR) is 138 cm³/mol. The molecule has 0 spiro atoms. The second-order valence-corrected chi connectivity index (χ2v) is 8.48. The van der Waals surface area contributed by atoms with Gasteiger partial charge in [-0.15, -0.1) is 0 Å². The van der Waals surface area contributed by atoms with Crippen LogP contribution in [0.5, 0.6) is 11.5 Å². The van der Waals surface area contributed by atoms with Crippen LogP contribution >= 0.6 is 0 Å². The second kappa shape index (κ2) is 8.57. The third kappa shape index (κ3) is 3.64. The third-order valence-corrected chi connectivity index (χ3v) is 6.31. The zero-order valence-corrected chi connectivity index (χ0v) is 18.7. The molecule has 0 unspecified atom stereocenters. The van der Waals surface area contributed by atoms with Crippen LogP contribution in [-0.2, 0) is 0 Å². The van der Waals surface area contributed by atoms with Crippen LogP contribution in [0.25, 0.3) is 22.4 Å². The van der Waals surface area contributed by atoms with Crippen molar-refractivity contribution in [1.82, 2.24) is 0 Å². The summed E-state index contributed by atoms with van der Waals surface area (Å²) >= 11 is 0. The molecule has 0 amide bonds. The maximum absolute atomic E-state index is 6.83. The Morgan fingerprint density at radius 2 is 1.12 bits per heavy atom. The highest BCUT2D eigenvalue weighted by Gasteiger charge is 2.42. The average Bonchev–Trinajstić information content (AvgIpc) is 2.90. The topological polar surface area (TPSA) is 18.5 Å². The quantitative estimate of drug-likeness (QED) is 0.309. The van der Waals surface area contributed by atoms with Crippen LogP contribution in [0.1, 0.15) is 12.0 Å². The van der Waals surface area contributed by atoms with Crippen LogP contribution in [0.3, 0.4) is 0 Å². The summed E-state index contributed by atoms with van der Waals surface area (Å²) in [7, 11) is 0. The van der Waals surface area contributed by atoms with Crippen molar-refractivity contribution in [1.29, 1.82) is 0 Å². The highest BCUT2D eigenvalue weighted by atomic mass is 16.7. The molecule has 1 aliphatic carbocycles. The van der Waals surface area contributed by atoms with Crippen molar-refractivity contribution in [3.05, 3.63) is 143 Å². The summed E-state index contributed by atoms with van der Waals surface area (Å²) in [6.45, 7) is 0. The number of benzene rings is 5. The Kier molecular flexibility index (Phi) is 5.12. The van der Waals surface area contributed by atoms with Gasteiger partial charge in [0.25, 0.3) is 5.79 Å². The molecule has 0 fully saturated rings. The molecule has 34 heavy (non-hydrogen) atoms. The second-order valence-electron chi connectivity index (χ2n) is 8.48. The first-order valence-electron chi connectivity index (χ1n) is 11.6. The van der Waals surface area contributed by atoms with Crippen LogP contribution in [0.4, 0.5) is 0 Å². The molecule has 5 aromatic carbocycles. The number of ether oxygens (including phenoxy) is 2. The lowest BCUT2D eigenvalue weighted by Gasteiger charge is -2.38. The lowest BCUT2D eigenvalue weighted by Crippen LogP contribution is -2.51. The standard InChI is InChI=1S/C32H24O2/c1-3-15-26(16-4-1)33-32(34-27-17-5-2-6-18-27)23-22-25-13-8-10-20-29(25)31(32)30-21-11-14-24-12-7-9-19-28(24)30/h1-22H,23H2. The summed E-state index contributed by atoms with van der Waals surface area (Å²) in [5.41, 5.74) is 2.15. The van der Waals surface area contributed by atoms with E-state index in [0.717, 1.165) is 27.9 Å². The smallest absolute Gasteiger partial charge is 0.282 e. The van der Waals surface area contributed by atoms with E-state index < -0.39 is 5.79 Å². The number of hydrogen-bond donors (Lipinski definition) is 0. The highest BCUT2D eigenvalue weighted by molar-refractivity contribution is 5.95. The molecule has 0 bridgehead atoms. The molecule has 2 nitrogen and oxygen atoms in total. The van der Waals surface area contributed by atoms with Crippen molar-refractivity contribution < 1.29 is 9.47 Å². The fraction of sp³-hybridized carbons (Fsp3) is 0.0625. The van der Waals surface area contributed by atoms with Gasteiger partial charge in [0.05, 0.1) is 5.57 Å². The molecule has 1 aliphatic rings. The Bertz CT molecular complexity index is 1520. The Morgan fingerprint density at radius 1 is 0.529 bits per heavy atom. The molecule has 0 saturated heterocycles. The van der Waals surface area contributed by atoms with Crippen molar-refractivity contribution in [3.63, 3.8) is 0 Å². The van der Waals surface area contributed by atoms with Gasteiger partial charge >= 0.3 is 0 Å². The highest BCUT2D eigenvalue weighted by Crippen LogP contribution is 2.39. The maximum atomic E-state index is 6.83. The molecule has 0 atom stereocenters. The monoisotopic (exact) mass is 440 g/mol. The van der Waals surface area contributed by atoms with Crippen molar-refractivity contribution in [2.24, 2.45) is 0 Å². The van der Waals surface area contributed by atoms with E-state index in [1.54, 1.807) is 0 Å². The molecule has 5 aromatic rings. The van der Waals surface area contributed by atoms with E-state index in [9.17, 15) is 0 Å². The van der Waals surface area contributed by atoms with Crippen LogP contribution in [0.15, 0.2) is 127 Å². The minimum atomic E-state index is -1.04. The van der Waals surface area contributed by atoms with Gasteiger partial charge in [-0.2, -0.15) is 0 Å². The van der Waals surface area contributed by atoms with Crippen molar-refractivity contribution in [3.8, 4) is 11.5 Å². The Balaban J connectivity index is 1.68. The molecule has 164 valence electrons. The molecule has 0 heterocycles. The normalized spacial score (nSPS) is 14.2. The van der Waals surface area contributed by atoms with E-state index in [-0.39, 0.29) is 0 Å². The van der Waals surface area contributed by atoms with Gasteiger partial charge in [0.2, 0.25) is 0 Å². The van der Waals surface area contributed by atoms with Gasteiger partial charge in [-0.3, -0.25) is 0 Å². The van der Waals surface area contributed by atoms with E-state index in [1.807, 2.05) is 60.7 Å². The van der Waals surface area contributed by atoms with Crippen LogP contribution in [-0.4, -0.2) is 5.79 Å². The first kappa shape index (κ1) is 20.3. The average molecular weight is 441 g/mol. The summed E-state index contributed by atoms with van der Waals surface area (Å²) in [6.07, 6.45) is 2.79. The molecule has 0 aliphatic heterocycles. The molecule has 0 saturated carbocycles. The van der Waals surface area contributed by atoms with Gasteiger partial charge in [-0.25, -0.2) is 0 Å². The Labute approximate surface area is 199 Å². The van der Waals surface area contributed by atoms with Crippen LogP contribution in [0, 0.1) is 0 Å². The first-order valence-corrected chi connectivity index (χ1v) is 11.6. The SMILES string of the molecule is C1=c2ccccc2=C(c2cccc3ccccc23)C(Oc2ccccc2)(Oc2ccccc2)C1. The van der Waals surface area contributed by atoms with Gasteiger partial charge in [0.1, 0.15) is 11.5 Å². The molecular formula is C32H24O2. The summed E-state index contributed by atoms with van der Waals surface area (Å²) in [5.74, 6) is 0.495. The van der Waals surface area contributed by atoms with Crippen molar-refractivity contribution >= 4 is 22.4 Å². The molecule has 0 aromatic heterocycles. The fourth-order valence-corrected chi connectivity index (χ4v) is 4.81. The minimum absolute atomic E-state index is 0.576. The van der Waals surface area contributed by atoms with E-state index in [2.05, 4.69) is 72.8 Å². The number of fused-ring (bicyclic) bond motifs is 2. The number of rotatable bonds is 5. The van der Waals surface area contributed by atoms with Gasteiger partial charge in [-0.1, -0.05) is 109 Å². The summed E-state index contributed by atoms with van der Waals surface area (Å²) in [5, 5.41) is 4.67. The molecular weight excluding hydrogens is 416 g/mol. The van der Waals surface area contributed by atoms with Gasteiger partial charge < -0.3 is 9.47 Å². The lowest BCUT2D eigenvalue weighted by atomic mass is 9.85. The minimum Gasteiger partial charge on any atom is -0.448 e. The van der Waals surface area contributed by atoms with Crippen molar-refractivity contribution in [2.75, 3.05) is 0 Å². The molecule has 2 heteroatoms. The van der Waals surface area contributed by atoms with E-state index in [1.165, 1.54) is 16.0 Å². The summed E-state index contributed by atoms with van der Waals surface area (Å²) in [4.78, 5) is 0. The molecule has 0 N–H and O–H groups in total. The third-order valence-electron chi connectivity index (χ3n) is 6.31. The zero-order chi connectivity index (χ0) is 22.8. The lowest BCUT2D eigenvalue weighted by molar-refractivity contribution is -0.0566. The largest absolute Gasteiger partial charge is 0.448 e. The summed E-state index contributed by atoms with van der Waals surface area (Å²) < 4.78 is 13.7. The fourth-order valence-electron chi connectivity index (χ4n) is 4.81. The first-order chi connectivity index (χ1) is 16.8. The van der Waals surface area contributed by atoms with Crippen LogP contribution in [0.2, 0.25) is 0 Å².